The van der Waals surface area contributed by atoms with Gasteiger partial charge < -0.3 is 15.8 Å². The van der Waals surface area contributed by atoms with Crippen molar-refractivity contribution in [3.8, 4) is 5.75 Å². The fraction of sp³-hybridized carbons (Fsp3) is 0.379. The number of fused-ring (bicyclic) bond motifs is 1. The number of rotatable bonds is 12. The highest BCUT2D eigenvalue weighted by atomic mass is 32.2. The van der Waals surface area contributed by atoms with Crippen LogP contribution >= 0.6 is 0 Å². The topological polar surface area (TPSA) is 123 Å². The molecule has 0 radical (unpaired) electrons. The van der Waals surface area contributed by atoms with Gasteiger partial charge in [0.2, 0.25) is 15.9 Å². The molecule has 3 atom stereocenters. The molecule has 0 bridgehead atoms. The second-order valence-electron chi connectivity index (χ2n) is 9.82. The van der Waals surface area contributed by atoms with E-state index in [-0.39, 0.29) is 29.3 Å². The lowest BCUT2D eigenvalue weighted by atomic mass is 9.76. The first-order valence-electron chi connectivity index (χ1n) is 13.1. The molecule has 2 aromatic carbocycles. The molecule has 10 heteroatoms. The first-order chi connectivity index (χ1) is 18.8. The smallest absolute Gasteiger partial charge is 0.243 e. The maximum atomic E-state index is 13.8. The van der Waals surface area contributed by atoms with Crippen molar-refractivity contribution in [3.63, 3.8) is 0 Å². The maximum Gasteiger partial charge on any atom is 0.243 e. The van der Waals surface area contributed by atoms with Crippen LogP contribution in [0.4, 0.5) is 4.39 Å². The van der Waals surface area contributed by atoms with Gasteiger partial charge in [-0.05, 0) is 79.1 Å². The number of unbranched alkanes of at least 4 members (excludes halogenated alkanes) is 1. The molecule has 4 rings (SSSR count). The summed E-state index contributed by atoms with van der Waals surface area (Å²) in [6.45, 7) is 0.126. The Morgan fingerprint density at radius 3 is 2.74 bits per heavy atom. The van der Waals surface area contributed by atoms with Gasteiger partial charge in [-0.15, -0.1) is 0 Å². The lowest BCUT2D eigenvalue weighted by Crippen LogP contribution is -2.49. The highest BCUT2D eigenvalue weighted by Gasteiger charge is 2.32. The number of halogens is 1. The summed E-state index contributed by atoms with van der Waals surface area (Å²) in [5, 5.41) is 3.18. The van der Waals surface area contributed by atoms with Gasteiger partial charge >= 0.3 is 0 Å². The minimum Gasteiger partial charge on any atom is -0.497 e. The molecular weight excluding hydrogens is 519 g/mol. The van der Waals surface area contributed by atoms with Crippen LogP contribution in [0.15, 0.2) is 71.9 Å². The Morgan fingerprint density at radius 2 is 2.00 bits per heavy atom. The van der Waals surface area contributed by atoms with E-state index in [1.165, 1.54) is 29.3 Å². The summed E-state index contributed by atoms with van der Waals surface area (Å²) in [7, 11) is -2.28. The van der Waals surface area contributed by atoms with Gasteiger partial charge in [0.15, 0.2) is 0 Å². The quantitative estimate of drug-likeness (QED) is 0.295. The molecule has 1 heterocycles. The molecule has 39 heavy (non-hydrogen) atoms. The predicted molar refractivity (Wildman–Crippen MR) is 147 cm³/mol. The van der Waals surface area contributed by atoms with Gasteiger partial charge in [-0.25, -0.2) is 17.5 Å². The minimum absolute atomic E-state index is 0.0628. The van der Waals surface area contributed by atoms with Gasteiger partial charge in [-0.2, -0.15) is 0 Å². The summed E-state index contributed by atoms with van der Waals surface area (Å²) in [5.74, 6) is -0.141. The number of hydrogen-bond donors (Lipinski definition) is 3. The number of benzene rings is 2. The Labute approximate surface area is 229 Å². The number of nitrogens with zero attached hydrogens (tertiary/aromatic N) is 1. The van der Waals surface area contributed by atoms with E-state index >= 15 is 0 Å². The van der Waals surface area contributed by atoms with Crippen molar-refractivity contribution in [1.29, 1.82) is 0 Å². The second kappa shape index (κ2) is 13.1. The van der Waals surface area contributed by atoms with Gasteiger partial charge in [-0.3, -0.25) is 9.78 Å². The Kier molecular flexibility index (Phi) is 9.66. The van der Waals surface area contributed by atoms with Gasteiger partial charge in [0, 0.05) is 30.9 Å². The number of pyridine rings is 1. The average molecular weight is 555 g/mol. The fourth-order valence-electron chi connectivity index (χ4n) is 5.07. The monoisotopic (exact) mass is 554 g/mol. The van der Waals surface area contributed by atoms with Crippen molar-refractivity contribution in [1.82, 2.24) is 15.0 Å². The molecule has 0 fully saturated rings. The number of methoxy groups -OCH3 is 1. The van der Waals surface area contributed by atoms with Crippen LogP contribution in [0, 0.1) is 5.82 Å². The highest BCUT2D eigenvalue weighted by Crippen LogP contribution is 2.36. The van der Waals surface area contributed by atoms with Gasteiger partial charge in [-0.1, -0.05) is 30.7 Å². The lowest BCUT2D eigenvalue weighted by molar-refractivity contribution is -0.123. The SMILES string of the molecule is COc1ccc2c(c1)CC[C@@H](NC(=O)[C@@H](N)CCCCNS(=O)(=O)c1ccccc1F)[C@H]2Cc1cccnc1. The van der Waals surface area contributed by atoms with Crippen LogP contribution in [-0.2, 0) is 27.7 Å². The van der Waals surface area contributed by atoms with E-state index in [1.807, 2.05) is 24.4 Å². The van der Waals surface area contributed by atoms with Gasteiger partial charge in [0.05, 0.1) is 13.2 Å². The minimum atomic E-state index is -3.94. The molecule has 1 amide bonds. The first-order valence-corrected chi connectivity index (χ1v) is 14.6. The molecule has 8 nitrogen and oxygen atoms in total. The molecule has 4 N–H and O–H groups in total. The zero-order valence-electron chi connectivity index (χ0n) is 22.0. The van der Waals surface area contributed by atoms with E-state index in [1.54, 1.807) is 13.3 Å². The van der Waals surface area contributed by atoms with E-state index in [4.69, 9.17) is 10.5 Å². The van der Waals surface area contributed by atoms with Crippen molar-refractivity contribution in [2.24, 2.45) is 5.73 Å². The number of ether oxygens (including phenoxy) is 1. The summed E-state index contributed by atoms with van der Waals surface area (Å²) in [6, 6.07) is 14.5. The standard InChI is InChI=1S/C29H35FN4O4S/c1-38-22-12-13-23-21(18-22)11-14-27(24(23)17-20-7-6-15-32-19-20)34-29(35)26(31)9-4-5-16-33-39(36,37)28-10-3-2-8-25(28)30/h2-3,6-8,10,12-13,15,18-19,24,26-27,33H,4-5,9,11,14,16-17,31H2,1H3,(H,34,35)/t24-,26-,27+/m0/s1. The van der Waals surface area contributed by atoms with Crippen molar-refractivity contribution < 1.29 is 22.3 Å². The van der Waals surface area contributed by atoms with Crippen LogP contribution in [0.2, 0.25) is 0 Å². The molecule has 1 aromatic heterocycles. The fourth-order valence-corrected chi connectivity index (χ4v) is 6.22. The van der Waals surface area contributed by atoms with E-state index in [0.717, 1.165) is 36.6 Å². The zero-order chi connectivity index (χ0) is 27.8. The van der Waals surface area contributed by atoms with E-state index in [2.05, 4.69) is 27.2 Å². The van der Waals surface area contributed by atoms with Crippen LogP contribution in [0.25, 0.3) is 0 Å². The number of nitrogens with one attached hydrogen (secondary N) is 2. The van der Waals surface area contributed by atoms with Crippen molar-refractivity contribution >= 4 is 15.9 Å². The molecule has 0 spiro atoms. The predicted octanol–water partition coefficient (Wildman–Crippen LogP) is 3.46. The number of aromatic nitrogens is 1. The average Bonchev–Trinajstić information content (AvgIpc) is 2.94. The number of nitrogens with two attached hydrogens (primary N) is 1. The zero-order valence-corrected chi connectivity index (χ0v) is 22.8. The van der Waals surface area contributed by atoms with Gasteiger partial charge in [0.1, 0.15) is 16.5 Å². The summed E-state index contributed by atoms with van der Waals surface area (Å²) in [4.78, 5) is 16.9. The molecule has 208 valence electrons. The van der Waals surface area contributed by atoms with E-state index < -0.39 is 21.9 Å². The third-order valence-electron chi connectivity index (χ3n) is 7.16. The van der Waals surface area contributed by atoms with Crippen LogP contribution < -0.4 is 20.5 Å². The van der Waals surface area contributed by atoms with Crippen LogP contribution in [-0.4, -0.2) is 45.0 Å². The molecule has 0 saturated carbocycles. The highest BCUT2D eigenvalue weighted by molar-refractivity contribution is 7.89. The number of sulfonamides is 1. The molecule has 1 aliphatic rings. The number of carbonyl (C=O) groups excluding carboxylic acids is 1. The molecule has 0 aliphatic heterocycles. The lowest BCUT2D eigenvalue weighted by Gasteiger charge is -2.35. The maximum absolute atomic E-state index is 13.8. The number of aryl methyl sites for hydroxylation is 1. The molecular formula is C29H35FN4O4S. The van der Waals surface area contributed by atoms with Crippen LogP contribution in [0.5, 0.6) is 5.75 Å². The van der Waals surface area contributed by atoms with Gasteiger partial charge in [0.25, 0.3) is 0 Å². The second-order valence-corrected chi connectivity index (χ2v) is 11.6. The number of amides is 1. The van der Waals surface area contributed by atoms with Crippen molar-refractivity contribution in [2.45, 2.75) is 61.4 Å². The normalized spacial score (nSPS) is 17.7. The third kappa shape index (κ3) is 7.40. The van der Waals surface area contributed by atoms with Crippen LogP contribution in [0.3, 0.4) is 0 Å². The molecule has 0 unspecified atom stereocenters. The molecule has 3 aromatic rings. The molecule has 1 aliphatic carbocycles. The first kappa shape index (κ1) is 28.7. The van der Waals surface area contributed by atoms with Crippen LogP contribution in [0.1, 0.15) is 48.3 Å². The Morgan fingerprint density at radius 1 is 1.18 bits per heavy atom. The Balaban J connectivity index is 1.32. The summed E-state index contributed by atoms with van der Waals surface area (Å²) < 4.78 is 46.3. The number of hydrogen-bond acceptors (Lipinski definition) is 6. The van der Waals surface area contributed by atoms with Crippen molar-refractivity contribution in [2.75, 3.05) is 13.7 Å². The molecule has 0 saturated heterocycles. The summed E-state index contributed by atoms with van der Waals surface area (Å²) in [5.41, 5.74) is 9.71. The Hall–Kier alpha value is -3.34. The third-order valence-corrected chi connectivity index (χ3v) is 8.66. The van der Waals surface area contributed by atoms with E-state index in [0.29, 0.717) is 19.3 Å². The van der Waals surface area contributed by atoms with E-state index in [9.17, 15) is 17.6 Å². The number of carbonyl (C=O) groups is 1. The largest absolute Gasteiger partial charge is 0.497 e. The van der Waals surface area contributed by atoms with Crippen molar-refractivity contribution in [3.05, 3.63) is 89.5 Å². The summed E-state index contributed by atoms with van der Waals surface area (Å²) in [6.07, 6.45) is 7.34. The Bertz CT molecular complexity index is 1370. The summed E-state index contributed by atoms with van der Waals surface area (Å²) >= 11 is 0.